The van der Waals surface area contributed by atoms with Gasteiger partial charge in [0.15, 0.2) is 16.9 Å². The van der Waals surface area contributed by atoms with E-state index in [9.17, 15) is 19.8 Å². The monoisotopic (exact) mass is 364 g/mol. The fraction of sp³-hybridized carbons (Fsp3) is 0.333. The van der Waals surface area contributed by atoms with Gasteiger partial charge in [-0.25, -0.2) is 0 Å². The first-order valence-electron chi connectivity index (χ1n) is 7.60. The van der Waals surface area contributed by atoms with E-state index in [1.165, 1.54) is 46.7 Å². The molecule has 0 radical (unpaired) electrons. The molecule has 2 N–H and O–H groups in total. The Hall–Kier alpha value is -3.16. The average Bonchev–Trinajstić information content (AvgIpc) is 2.65. The second-order valence-corrected chi connectivity index (χ2v) is 5.45. The van der Waals surface area contributed by atoms with Gasteiger partial charge >= 0.3 is 11.9 Å². The Morgan fingerprint density at radius 1 is 0.923 bits per heavy atom. The molecule has 0 amide bonds. The molecule has 0 aliphatic heterocycles. The van der Waals surface area contributed by atoms with Crippen LogP contribution in [0.25, 0.3) is 5.57 Å². The number of allylic oxidation sites excluding steroid dienone is 3. The first-order valence-corrected chi connectivity index (χ1v) is 7.60. The Morgan fingerprint density at radius 3 is 1.96 bits per heavy atom. The maximum atomic E-state index is 11.9. The first-order chi connectivity index (χ1) is 12.4. The summed E-state index contributed by atoms with van der Waals surface area (Å²) in [7, 11) is 5.58. The summed E-state index contributed by atoms with van der Waals surface area (Å²) >= 11 is 0. The molecule has 26 heavy (non-hydrogen) atoms. The van der Waals surface area contributed by atoms with Crippen molar-refractivity contribution in [3.63, 3.8) is 0 Å². The van der Waals surface area contributed by atoms with Crippen LogP contribution in [0.15, 0.2) is 24.3 Å². The van der Waals surface area contributed by atoms with Crippen LogP contribution in [0.1, 0.15) is 12.0 Å². The highest BCUT2D eigenvalue weighted by Crippen LogP contribution is 2.53. The summed E-state index contributed by atoms with van der Waals surface area (Å²) in [5, 5.41) is 19.4. The summed E-state index contributed by atoms with van der Waals surface area (Å²) in [6, 6.07) is 1.48. The van der Waals surface area contributed by atoms with Crippen molar-refractivity contribution in [2.75, 3.05) is 28.4 Å². The van der Waals surface area contributed by atoms with Gasteiger partial charge in [0.2, 0.25) is 11.5 Å². The predicted molar refractivity (Wildman–Crippen MR) is 92.1 cm³/mol. The third kappa shape index (κ3) is 2.73. The number of carboxylic acids is 2. The van der Waals surface area contributed by atoms with E-state index in [2.05, 4.69) is 0 Å². The molecule has 0 heterocycles. The van der Waals surface area contributed by atoms with Crippen molar-refractivity contribution in [3.05, 3.63) is 29.9 Å². The lowest BCUT2D eigenvalue weighted by atomic mass is 9.71. The lowest BCUT2D eigenvalue weighted by Gasteiger charge is -2.30. The topological polar surface area (TPSA) is 112 Å². The molecule has 0 aromatic heterocycles. The molecular weight excluding hydrogens is 344 g/mol. The van der Waals surface area contributed by atoms with Gasteiger partial charge < -0.3 is 29.2 Å². The second kappa shape index (κ2) is 7.38. The minimum Gasteiger partial charge on any atom is -0.493 e. The number of methoxy groups -OCH3 is 4. The lowest BCUT2D eigenvalue weighted by molar-refractivity contribution is -0.159. The number of ether oxygens (including phenoxy) is 4. The van der Waals surface area contributed by atoms with Gasteiger partial charge in [0.1, 0.15) is 0 Å². The van der Waals surface area contributed by atoms with Crippen LogP contribution in [-0.4, -0.2) is 50.6 Å². The van der Waals surface area contributed by atoms with Crippen molar-refractivity contribution in [1.82, 2.24) is 0 Å². The Bertz CT molecular complexity index is 777. The van der Waals surface area contributed by atoms with E-state index in [4.69, 9.17) is 18.9 Å². The fourth-order valence-electron chi connectivity index (χ4n) is 3.01. The first kappa shape index (κ1) is 19.2. The third-order valence-corrected chi connectivity index (χ3v) is 4.29. The molecule has 8 heteroatoms. The van der Waals surface area contributed by atoms with Crippen LogP contribution >= 0.6 is 0 Å². The number of benzene rings is 1. The molecule has 0 bridgehead atoms. The highest BCUT2D eigenvalue weighted by molar-refractivity contribution is 6.12. The van der Waals surface area contributed by atoms with Crippen LogP contribution in [0.5, 0.6) is 23.0 Å². The average molecular weight is 364 g/mol. The second-order valence-electron chi connectivity index (χ2n) is 5.45. The van der Waals surface area contributed by atoms with Gasteiger partial charge in [-0.3, -0.25) is 9.59 Å². The molecule has 8 nitrogen and oxygen atoms in total. The molecule has 2 rings (SSSR count). The molecule has 0 unspecified atom stereocenters. The van der Waals surface area contributed by atoms with Gasteiger partial charge in [-0.05, 0) is 18.1 Å². The zero-order valence-corrected chi connectivity index (χ0v) is 14.9. The minimum absolute atomic E-state index is 0.0519. The molecule has 0 spiro atoms. The summed E-state index contributed by atoms with van der Waals surface area (Å²) in [6.07, 6.45) is 4.33. The van der Waals surface area contributed by atoms with E-state index in [0.29, 0.717) is 0 Å². The number of aliphatic carboxylic acids is 2. The molecule has 0 saturated carbocycles. The van der Waals surface area contributed by atoms with Crippen molar-refractivity contribution in [3.8, 4) is 23.0 Å². The van der Waals surface area contributed by atoms with Gasteiger partial charge in [-0.2, -0.15) is 0 Å². The molecule has 0 fully saturated rings. The molecular formula is C18H20O8. The zero-order valence-electron chi connectivity index (χ0n) is 14.9. The summed E-state index contributed by atoms with van der Waals surface area (Å²) in [5.41, 5.74) is -1.88. The van der Waals surface area contributed by atoms with Crippen molar-refractivity contribution < 1.29 is 38.7 Å². The number of rotatable bonds is 7. The maximum Gasteiger partial charge on any atom is 0.325 e. The van der Waals surface area contributed by atoms with E-state index in [0.717, 1.165) is 0 Å². The van der Waals surface area contributed by atoms with Gasteiger partial charge in [0.25, 0.3) is 0 Å². The molecule has 1 aromatic rings. The van der Waals surface area contributed by atoms with Crippen LogP contribution in [0.2, 0.25) is 0 Å². The highest BCUT2D eigenvalue weighted by atomic mass is 16.5. The molecule has 0 atom stereocenters. The number of carbonyl (C=O) groups is 2. The quantitative estimate of drug-likeness (QED) is 0.709. The fourth-order valence-corrected chi connectivity index (χ4v) is 3.01. The smallest absolute Gasteiger partial charge is 0.325 e. The Labute approximate surface area is 150 Å². The van der Waals surface area contributed by atoms with Gasteiger partial charge in [-0.1, -0.05) is 18.2 Å². The summed E-state index contributed by atoms with van der Waals surface area (Å²) in [4.78, 5) is 23.9. The molecule has 1 aliphatic rings. The van der Waals surface area contributed by atoms with Crippen LogP contribution in [0, 0.1) is 5.41 Å². The van der Waals surface area contributed by atoms with Crippen LogP contribution < -0.4 is 18.9 Å². The van der Waals surface area contributed by atoms with E-state index in [1.807, 2.05) is 0 Å². The standard InChI is InChI=1S/C18H20O8/c1-23-12-9-10(13(24-2)15(26-4)14(12)25-3)11-7-5-6-8-18(11,16(19)20)17(21)22/h5-7,9H,8H2,1-4H3,(H,19,20)(H,21,22). The van der Waals surface area contributed by atoms with E-state index in [-0.39, 0.29) is 40.6 Å². The predicted octanol–water partition coefficient (Wildman–Crippen LogP) is 2.22. The summed E-state index contributed by atoms with van der Waals surface area (Å²) < 4.78 is 21.3. The highest BCUT2D eigenvalue weighted by Gasteiger charge is 2.51. The number of hydrogen-bond acceptors (Lipinski definition) is 6. The third-order valence-electron chi connectivity index (χ3n) is 4.29. The largest absolute Gasteiger partial charge is 0.493 e. The maximum absolute atomic E-state index is 11.9. The minimum atomic E-state index is -2.16. The summed E-state index contributed by atoms with van der Waals surface area (Å²) in [5.74, 6) is -2.13. The SMILES string of the molecule is COc1cc(C2=CC=CCC2(C(=O)O)C(=O)O)c(OC)c(OC)c1OC. The van der Waals surface area contributed by atoms with Gasteiger partial charge in [0.05, 0.1) is 28.4 Å². The van der Waals surface area contributed by atoms with E-state index in [1.54, 1.807) is 6.08 Å². The van der Waals surface area contributed by atoms with E-state index >= 15 is 0 Å². The normalized spacial score (nSPS) is 15.0. The Balaban J connectivity index is 2.89. The van der Waals surface area contributed by atoms with Crippen molar-refractivity contribution in [1.29, 1.82) is 0 Å². The van der Waals surface area contributed by atoms with Crippen LogP contribution in [0.3, 0.4) is 0 Å². The molecule has 1 aromatic carbocycles. The van der Waals surface area contributed by atoms with Crippen LogP contribution in [0.4, 0.5) is 0 Å². The van der Waals surface area contributed by atoms with Crippen molar-refractivity contribution in [2.24, 2.45) is 5.41 Å². The number of hydrogen-bond donors (Lipinski definition) is 2. The molecule has 1 aliphatic carbocycles. The van der Waals surface area contributed by atoms with Crippen molar-refractivity contribution >= 4 is 17.5 Å². The Morgan fingerprint density at radius 2 is 1.50 bits per heavy atom. The van der Waals surface area contributed by atoms with Gasteiger partial charge in [0, 0.05) is 5.56 Å². The molecule has 140 valence electrons. The van der Waals surface area contributed by atoms with Gasteiger partial charge in [-0.15, -0.1) is 0 Å². The number of carboxylic acid groups (broad SMARTS) is 2. The van der Waals surface area contributed by atoms with Crippen LogP contribution in [-0.2, 0) is 9.59 Å². The Kier molecular flexibility index (Phi) is 5.44. The van der Waals surface area contributed by atoms with E-state index < -0.39 is 17.4 Å². The van der Waals surface area contributed by atoms with Crippen molar-refractivity contribution in [2.45, 2.75) is 6.42 Å². The summed E-state index contributed by atoms with van der Waals surface area (Å²) in [6.45, 7) is 0. The zero-order chi connectivity index (χ0) is 19.5. The lowest BCUT2D eigenvalue weighted by Crippen LogP contribution is -2.41. The molecule has 0 saturated heterocycles.